The van der Waals surface area contributed by atoms with E-state index >= 15 is 0 Å². The van der Waals surface area contributed by atoms with E-state index in [-0.39, 0.29) is 5.60 Å². The normalized spacial score (nSPS) is 23.7. The maximum Gasteiger partial charge on any atom is 0.124 e. The van der Waals surface area contributed by atoms with Gasteiger partial charge in [0.2, 0.25) is 0 Å². The van der Waals surface area contributed by atoms with Crippen LogP contribution in [0.3, 0.4) is 0 Å². The lowest BCUT2D eigenvalue weighted by atomic mass is 9.86. The molecule has 1 N–H and O–H groups in total. The van der Waals surface area contributed by atoms with Crippen LogP contribution in [0.2, 0.25) is 0 Å². The number of pyridine rings is 1. The molecule has 0 bridgehead atoms. The van der Waals surface area contributed by atoms with Crippen molar-refractivity contribution in [1.29, 1.82) is 0 Å². The minimum Gasteiger partial charge on any atom is -0.487 e. The van der Waals surface area contributed by atoms with E-state index in [1.807, 2.05) is 12.4 Å². The summed E-state index contributed by atoms with van der Waals surface area (Å²) in [4.78, 5) is 4.08. The fourth-order valence-corrected chi connectivity index (χ4v) is 3.02. The monoisotopic (exact) mass is 296 g/mol. The third-order valence-corrected chi connectivity index (χ3v) is 4.58. The van der Waals surface area contributed by atoms with Gasteiger partial charge in [-0.15, -0.1) is 0 Å². The third kappa shape index (κ3) is 3.14. The highest BCUT2D eigenvalue weighted by Crippen LogP contribution is 2.41. The van der Waals surface area contributed by atoms with Gasteiger partial charge in [-0.25, -0.2) is 0 Å². The van der Waals surface area contributed by atoms with Crippen molar-refractivity contribution in [2.75, 3.05) is 0 Å². The van der Waals surface area contributed by atoms with Gasteiger partial charge >= 0.3 is 0 Å². The Bertz CT molecular complexity index is 641. The Morgan fingerprint density at radius 3 is 2.77 bits per heavy atom. The molecule has 116 valence electrons. The number of aromatic nitrogens is 1. The number of nitrogens with zero attached hydrogens (tertiary/aromatic N) is 1. The number of hydrogen-bond acceptors (Lipinski definition) is 3. The summed E-state index contributed by atoms with van der Waals surface area (Å²) in [5.41, 5.74) is 3.71. The van der Waals surface area contributed by atoms with Gasteiger partial charge in [0.25, 0.3) is 0 Å². The molecule has 1 aliphatic rings. The summed E-state index contributed by atoms with van der Waals surface area (Å²) in [6, 6.07) is 10.9. The van der Waals surface area contributed by atoms with Crippen LogP contribution < -0.4 is 10.1 Å². The largest absolute Gasteiger partial charge is 0.487 e. The van der Waals surface area contributed by atoms with Crippen molar-refractivity contribution in [3.05, 3.63) is 59.4 Å². The lowest BCUT2D eigenvalue weighted by Crippen LogP contribution is -2.41. The van der Waals surface area contributed by atoms with E-state index < -0.39 is 0 Å². The van der Waals surface area contributed by atoms with Gasteiger partial charge in [0, 0.05) is 37.0 Å². The van der Waals surface area contributed by atoms with Crippen molar-refractivity contribution in [3.8, 4) is 5.75 Å². The molecule has 3 nitrogen and oxygen atoms in total. The van der Waals surface area contributed by atoms with Crippen LogP contribution >= 0.6 is 0 Å². The molecule has 2 unspecified atom stereocenters. The van der Waals surface area contributed by atoms with Crippen molar-refractivity contribution in [2.24, 2.45) is 0 Å². The van der Waals surface area contributed by atoms with E-state index in [4.69, 9.17) is 4.74 Å². The van der Waals surface area contributed by atoms with E-state index in [0.717, 1.165) is 25.1 Å². The quantitative estimate of drug-likeness (QED) is 0.919. The molecule has 1 aliphatic heterocycles. The van der Waals surface area contributed by atoms with Crippen LogP contribution in [0.15, 0.2) is 42.7 Å². The molecule has 2 aromatic rings. The van der Waals surface area contributed by atoms with Gasteiger partial charge < -0.3 is 10.1 Å². The average molecular weight is 296 g/mol. The number of nitrogens with one attached hydrogen (secondary N) is 1. The predicted molar refractivity (Wildman–Crippen MR) is 88.9 cm³/mol. The van der Waals surface area contributed by atoms with E-state index in [2.05, 4.69) is 61.4 Å². The molecule has 3 heteroatoms. The second-order valence-electron chi connectivity index (χ2n) is 6.44. The van der Waals surface area contributed by atoms with Crippen LogP contribution in [0.25, 0.3) is 0 Å². The highest BCUT2D eigenvalue weighted by molar-refractivity contribution is 5.41. The Morgan fingerprint density at radius 2 is 2.05 bits per heavy atom. The van der Waals surface area contributed by atoms with E-state index in [1.54, 1.807) is 0 Å². The summed E-state index contributed by atoms with van der Waals surface area (Å²) < 4.78 is 6.26. The van der Waals surface area contributed by atoms with Gasteiger partial charge in [-0.05, 0) is 44.0 Å². The fourth-order valence-electron chi connectivity index (χ4n) is 3.02. The Labute approximate surface area is 132 Å². The molecule has 3 rings (SSSR count). The Balaban J connectivity index is 1.84. The van der Waals surface area contributed by atoms with Gasteiger partial charge in [-0.3, -0.25) is 4.98 Å². The fraction of sp³-hybridized carbons (Fsp3) is 0.421. The van der Waals surface area contributed by atoms with Crippen LogP contribution in [-0.4, -0.2) is 10.6 Å². The van der Waals surface area contributed by atoms with Crippen LogP contribution in [0.5, 0.6) is 5.75 Å². The number of hydrogen-bond donors (Lipinski definition) is 1. The number of ether oxygens (including phenoxy) is 1. The molecular formula is C19H24N2O. The molecule has 2 atom stereocenters. The number of benzene rings is 1. The second-order valence-corrected chi connectivity index (χ2v) is 6.44. The average Bonchev–Trinajstić information content (AvgIpc) is 2.54. The van der Waals surface area contributed by atoms with Crippen molar-refractivity contribution in [1.82, 2.24) is 10.3 Å². The zero-order valence-electron chi connectivity index (χ0n) is 13.6. The summed E-state index contributed by atoms with van der Waals surface area (Å²) in [5, 5.41) is 3.70. The highest BCUT2D eigenvalue weighted by atomic mass is 16.5. The van der Waals surface area contributed by atoms with Gasteiger partial charge in [0.05, 0.1) is 0 Å². The zero-order chi connectivity index (χ0) is 15.6. The molecule has 0 spiro atoms. The van der Waals surface area contributed by atoms with Gasteiger partial charge in [-0.2, -0.15) is 0 Å². The lowest BCUT2D eigenvalue weighted by Gasteiger charge is -2.40. The van der Waals surface area contributed by atoms with E-state index in [9.17, 15) is 0 Å². The molecule has 2 heterocycles. The first kappa shape index (κ1) is 15.0. The molecule has 0 saturated carbocycles. The first-order valence-corrected chi connectivity index (χ1v) is 8.01. The molecule has 22 heavy (non-hydrogen) atoms. The SMILES string of the molecule is CCC1(C)CC(NCc2ccncc2)c2cc(C)ccc2O1. The number of rotatable bonds is 4. The van der Waals surface area contributed by atoms with Crippen molar-refractivity contribution >= 4 is 0 Å². The van der Waals surface area contributed by atoms with E-state index in [0.29, 0.717) is 6.04 Å². The summed E-state index contributed by atoms with van der Waals surface area (Å²) in [6.07, 6.45) is 5.68. The highest BCUT2D eigenvalue weighted by Gasteiger charge is 2.35. The standard InChI is InChI=1S/C19H24N2O/c1-4-19(3)12-17(21-13-15-7-9-20-10-8-15)16-11-14(2)5-6-18(16)22-19/h5-11,17,21H,4,12-13H2,1-3H3. The van der Waals surface area contributed by atoms with Gasteiger partial charge in [-0.1, -0.05) is 24.6 Å². The summed E-state index contributed by atoms with van der Waals surface area (Å²) in [7, 11) is 0. The van der Waals surface area contributed by atoms with Gasteiger partial charge in [0.1, 0.15) is 11.4 Å². The Kier molecular flexibility index (Phi) is 4.16. The topological polar surface area (TPSA) is 34.2 Å². The number of fused-ring (bicyclic) bond motifs is 1. The molecule has 0 aliphatic carbocycles. The van der Waals surface area contributed by atoms with Crippen molar-refractivity contribution < 1.29 is 4.74 Å². The Morgan fingerprint density at radius 1 is 1.27 bits per heavy atom. The minimum absolute atomic E-state index is 0.0990. The number of aryl methyl sites for hydroxylation is 1. The first-order valence-electron chi connectivity index (χ1n) is 8.01. The summed E-state index contributed by atoms with van der Waals surface area (Å²) >= 11 is 0. The Hall–Kier alpha value is -1.87. The minimum atomic E-state index is -0.0990. The van der Waals surface area contributed by atoms with Gasteiger partial charge in [0.15, 0.2) is 0 Å². The predicted octanol–water partition coefficient (Wildman–Crippen LogP) is 4.17. The zero-order valence-corrected chi connectivity index (χ0v) is 13.6. The molecule has 0 saturated heterocycles. The van der Waals surface area contributed by atoms with E-state index in [1.165, 1.54) is 16.7 Å². The van der Waals surface area contributed by atoms with Crippen LogP contribution in [-0.2, 0) is 6.54 Å². The molecule has 1 aromatic carbocycles. The first-order chi connectivity index (χ1) is 10.6. The summed E-state index contributed by atoms with van der Waals surface area (Å²) in [6.45, 7) is 7.38. The van der Waals surface area contributed by atoms with Crippen LogP contribution in [0.1, 0.15) is 49.4 Å². The molecule has 0 fully saturated rings. The maximum atomic E-state index is 6.26. The maximum absolute atomic E-state index is 6.26. The summed E-state index contributed by atoms with van der Waals surface area (Å²) in [5.74, 6) is 1.02. The smallest absolute Gasteiger partial charge is 0.124 e. The molecule has 0 radical (unpaired) electrons. The molecule has 0 amide bonds. The molecule has 1 aromatic heterocycles. The second kappa shape index (κ2) is 6.09. The van der Waals surface area contributed by atoms with Crippen LogP contribution in [0, 0.1) is 6.92 Å². The van der Waals surface area contributed by atoms with Crippen molar-refractivity contribution in [2.45, 2.75) is 51.8 Å². The third-order valence-electron chi connectivity index (χ3n) is 4.58. The lowest BCUT2D eigenvalue weighted by molar-refractivity contribution is 0.0439. The molecular weight excluding hydrogens is 272 g/mol. The van der Waals surface area contributed by atoms with Crippen LogP contribution in [0.4, 0.5) is 0 Å². The van der Waals surface area contributed by atoms with Crippen molar-refractivity contribution in [3.63, 3.8) is 0 Å².